The topological polar surface area (TPSA) is 50.2 Å². The second-order valence-corrected chi connectivity index (χ2v) is 10.5. The van der Waals surface area contributed by atoms with E-state index in [-0.39, 0.29) is 37.1 Å². The standard InChI is InChI=1S/C25H20NS.C5H8O2.Ir/c1-25(2,3)17-14-12-16(13-15-17)23-24-22(18-8-4-6-10-20(18)26-23)19-9-5-7-11-21(19)27-24;1-4(6)3-5(2)7;/h4-12,14-15H,1-3H3;3,6H,1-2H3;/q-1;;/b;4-3-;. The molecule has 3 aromatic carbocycles. The van der Waals surface area contributed by atoms with E-state index in [1.54, 1.807) is 0 Å². The third-order valence-corrected chi connectivity index (χ3v) is 6.74. The maximum Gasteiger partial charge on any atom is 0.155 e. The summed E-state index contributed by atoms with van der Waals surface area (Å²) in [6.07, 6.45) is 1.17. The number of thiophene rings is 1. The van der Waals surface area contributed by atoms with E-state index in [0.717, 1.165) is 16.8 Å². The molecule has 0 saturated heterocycles. The molecular weight excluding hydrogens is 631 g/mol. The van der Waals surface area contributed by atoms with Crippen molar-refractivity contribution >= 4 is 48.2 Å². The van der Waals surface area contributed by atoms with Gasteiger partial charge in [0.1, 0.15) is 0 Å². The Kier molecular flexibility index (Phi) is 8.27. The fourth-order valence-corrected chi connectivity index (χ4v) is 5.17. The Labute approximate surface area is 223 Å². The molecule has 2 aromatic heterocycles. The summed E-state index contributed by atoms with van der Waals surface area (Å²) in [4.78, 5) is 15.1. The van der Waals surface area contributed by atoms with Gasteiger partial charge in [0.25, 0.3) is 0 Å². The van der Waals surface area contributed by atoms with Crippen LogP contribution in [-0.4, -0.2) is 15.9 Å². The monoisotopic (exact) mass is 659 g/mol. The van der Waals surface area contributed by atoms with E-state index in [4.69, 9.17) is 10.1 Å². The number of ketones is 1. The van der Waals surface area contributed by atoms with E-state index in [9.17, 15) is 4.79 Å². The van der Waals surface area contributed by atoms with Crippen molar-refractivity contribution in [3.63, 3.8) is 0 Å². The van der Waals surface area contributed by atoms with Gasteiger partial charge >= 0.3 is 0 Å². The number of aromatic nitrogens is 1. The number of nitrogens with zero attached hydrogens (tertiary/aromatic N) is 1. The number of carbonyl (C=O) groups is 1. The molecule has 1 radical (unpaired) electrons. The van der Waals surface area contributed by atoms with Crippen LogP contribution in [0, 0.1) is 6.07 Å². The maximum absolute atomic E-state index is 10.0. The van der Waals surface area contributed by atoms with Crippen molar-refractivity contribution in [3.8, 4) is 11.3 Å². The molecular formula is C30H28IrNO2S-. The van der Waals surface area contributed by atoms with Gasteiger partial charge in [-0.05, 0) is 31.4 Å². The molecule has 0 aliphatic rings. The molecule has 0 atom stereocenters. The number of para-hydroxylation sites is 1. The normalized spacial score (nSPS) is 11.7. The van der Waals surface area contributed by atoms with E-state index in [1.807, 2.05) is 11.3 Å². The third kappa shape index (κ3) is 5.87. The van der Waals surface area contributed by atoms with Gasteiger partial charge in [-0.25, -0.2) is 0 Å². The fraction of sp³-hybridized carbons (Fsp3) is 0.200. The molecule has 0 unspecified atom stereocenters. The Morgan fingerprint density at radius 1 is 0.971 bits per heavy atom. The van der Waals surface area contributed by atoms with Crippen LogP contribution in [0.2, 0.25) is 0 Å². The van der Waals surface area contributed by atoms with Crippen LogP contribution in [0.5, 0.6) is 0 Å². The van der Waals surface area contributed by atoms with Crippen molar-refractivity contribution in [2.45, 2.75) is 40.0 Å². The zero-order valence-electron chi connectivity index (χ0n) is 20.5. The average Bonchev–Trinajstić information content (AvgIpc) is 3.17. The minimum absolute atomic E-state index is 0. The van der Waals surface area contributed by atoms with E-state index in [1.165, 1.54) is 51.0 Å². The van der Waals surface area contributed by atoms with Gasteiger partial charge in [-0.1, -0.05) is 57.2 Å². The number of hydrogen-bond donors (Lipinski definition) is 1. The van der Waals surface area contributed by atoms with Crippen LogP contribution in [0.1, 0.15) is 40.2 Å². The minimum atomic E-state index is -0.125. The Hall–Kier alpha value is -2.85. The molecule has 5 aromatic rings. The Morgan fingerprint density at radius 2 is 1.63 bits per heavy atom. The van der Waals surface area contributed by atoms with Gasteiger partial charge in [0.05, 0.1) is 11.3 Å². The van der Waals surface area contributed by atoms with Gasteiger partial charge in [0.15, 0.2) is 5.78 Å². The molecule has 0 spiro atoms. The second-order valence-electron chi connectivity index (χ2n) is 9.42. The molecule has 5 heteroatoms. The number of hydrogen-bond acceptors (Lipinski definition) is 4. The zero-order valence-corrected chi connectivity index (χ0v) is 23.7. The zero-order chi connectivity index (χ0) is 24.5. The summed E-state index contributed by atoms with van der Waals surface area (Å²) in [5.41, 5.74) is 4.55. The van der Waals surface area contributed by atoms with Gasteiger partial charge in [-0.15, -0.1) is 46.7 Å². The number of aliphatic hydroxyl groups excluding tert-OH is 1. The summed E-state index contributed by atoms with van der Waals surface area (Å²) < 4.78 is 2.55. The predicted octanol–water partition coefficient (Wildman–Crippen LogP) is 8.40. The molecule has 35 heavy (non-hydrogen) atoms. The van der Waals surface area contributed by atoms with Crippen molar-refractivity contribution in [3.05, 3.63) is 90.2 Å². The largest absolute Gasteiger partial charge is 0.512 e. The Balaban J connectivity index is 0.000000378. The number of carbonyl (C=O) groups excluding carboxylic acids is 1. The minimum Gasteiger partial charge on any atom is -0.512 e. The van der Waals surface area contributed by atoms with Gasteiger partial charge in [0, 0.05) is 57.4 Å². The molecule has 181 valence electrons. The first-order valence-corrected chi connectivity index (χ1v) is 12.1. The molecule has 0 amide bonds. The van der Waals surface area contributed by atoms with Gasteiger partial charge < -0.3 is 5.11 Å². The number of fused-ring (bicyclic) bond motifs is 5. The number of rotatable bonds is 2. The molecule has 0 aliphatic carbocycles. The summed E-state index contributed by atoms with van der Waals surface area (Å²) in [6.45, 7) is 9.54. The van der Waals surface area contributed by atoms with Gasteiger partial charge in [-0.3, -0.25) is 9.78 Å². The van der Waals surface area contributed by atoms with E-state index in [2.05, 4.69) is 93.6 Å². The van der Waals surface area contributed by atoms with Crippen LogP contribution in [0.15, 0.2) is 78.6 Å². The van der Waals surface area contributed by atoms with E-state index < -0.39 is 0 Å². The summed E-state index contributed by atoms with van der Waals surface area (Å²) in [7, 11) is 0. The van der Waals surface area contributed by atoms with Gasteiger partial charge in [0.2, 0.25) is 0 Å². The quantitative estimate of drug-likeness (QED) is 0.118. The van der Waals surface area contributed by atoms with Crippen LogP contribution in [-0.2, 0) is 30.3 Å². The number of allylic oxidation sites excluding steroid dienone is 2. The first-order chi connectivity index (χ1) is 16.1. The van der Waals surface area contributed by atoms with Crippen LogP contribution >= 0.6 is 11.3 Å². The molecule has 5 rings (SSSR count). The number of benzene rings is 3. The third-order valence-electron chi connectivity index (χ3n) is 5.56. The van der Waals surface area contributed by atoms with Crippen LogP contribution < -0.4 is 0 Å². The van der Waals surface area contributed by atoms with E-state index >= 15 is 0 Å². The van der Waals surface area contributed by atoms with Crippen molar-refractivity contribution in [1.82, 2.24) is 4.98 Å². The van der Waals surface area contributed by atoms with Crippen LogP contribution in [0.25, 0.3) is 42.3 Å². The van der Waals surface area contributed by atoms with Crippen LogP contribution in [0.3, 0.4) is 0 Å². The Morgan fingerprint density at radius 3 is 2.20 bits per heavy atom. The summed E-state index contributed by atoms with van der Waals surface area (Å²) in [5, 5.41) is 12.2. The smallest absolute Gasteiger partial charge is 0.155 e. The summed E-state index contributed by atoms with van der Waals surface area (Å²) in [5.74, 6) is -0.0625. The molecule has 0 bridgehead atoms. The fourth-order valence-electron chi connectivity index (χ4n) is 3.95. The predicted molar refractivity (Wildman–Crippen MR) is 145 cm³/mol. The maximum atomic E-state index is 10.0. The van der Waals surface area contributed by atoms with Crippen molar-refractivity contribution < 1.29 is 30.0 Å². The molecule has 3 nitrogen and oxygen atoms in total. The molecule has 0 aliphatic heterocycles. The number of pyridine rings is 1. The molecule has 0 fully saturated rings. The molecule has 1 N–H and O–H groups in total. The first-order valence-electron chi connectivity index (χ1n) is 11.3. The van der Waals surface area contributed by atoms with Crippen molar-refractivity contribution in [2.24, 2.45) is 0 Å². The van der Waals surface area contributed by atoms with Crippen molar-refractivity contribution in [2.75, 3.05) is 0 Å². The summed E-state index contributed by atoms with van der Waals surface area (Å²) >= 11 is 1.83. The number of aliphatic hydroxyl groups is 1. The first kappa shape index (κ1) is 26.7. The molecule has 2 heterocycles. The molecule has 0 saturated carbocycles. The van der Waals surface area contributed by atoms with E-state index in [0.29, 0.717) is 0 Å². The van der Waals surface area contributed by atoms with Crippen LogP contribution in [0.4, 0.5) is 0 Å². The average molecular weight is 659 g/mol. The second kappa shape index (κ2) is 10.8. The summed E-state index contributed by atoms with van der Waals surface area (Å²) in [6, 6.07) is 27.1. The van der Waals surface area contributed by atoms with Crippen molar-refractivity contribution in [1.29, 1.82) is 0 Å². The van der Waals surface area contributed by atoms with Gasteiger partial charge in [-0.2, -0.15) is 0 Å². The SMILES string of the molecule is CC(=O)/C=C(/C)O.CC(C)(C)c1c[c-]c(-c2nc3ccccc3c3c2sc2ccccc23)cc1.[Ir]. The Bertz CT molecular complexity index is 1520.